The minimum atomic E-state index is -0.520. The summed E-state index contributed by atoms with van der Waals surface area (Å²) >= 11 is 0. The first-order chi connectivity index (χ1) is 10.1. The molecule has 2 N–H and O–H groups in total. The maximum atomic E-state index is 13.2. The fourth-order valence-electron chi connectivity index (χ4n) is 1.88. The number of carbonyl (C=O) groups is 1. The molecule has 5 heteroatoms. The molecule has 0 saturated heterocycles. The molecule has 2 aromatic carbocycles. The van der Waals surface area contributed by atoms with Gasteiger partial charge in [0.1, 0.15) is 11.9 Å². The number of nitriles is 1. The van der Waals surface area contributed by atoms with Gasteiger partial charge in [-0.2, -0.15) is 5.26 Å². The van der Waals surface area contributed by atoms with E-state index in [4.69, 9.17) is 5.26 Å². The molecule has 21 heavy (non-hydrogen) atoms. The summed E-state index contributed by atoms with van der Waals surface area (Å²) in [5.74, 6) is -0.654. The standard InChI is InChI=1S/C16H14FN3O/c1-11(21)20-15-4-2-3-14(8-15)19-10-12-5-6-16(17)13(7-12)9-18/h2-8,19H,10H2,1H3,(H,20,21). The van der Waals surface area contributed by atoms with Gasteiger partial charge in [0.05, 0.1) is 5.56 Å². The van der Waals surface area contributed by atoms with E-state index in [0.29, 0.717) is 12.2 Å². The summed E-state index contributed by atoms with van der Waals surface area (Å²) in [6.45, 7) is 1.90. The van der Waals surface area contributed by atoms with E-state index in [1.54, 1.807) is 18.2 Å². The summed E-state index contributed by atoms with van der Waals surface area (Å²) in [6, 6.07) is 13.5. The average molecular weight is 283 g/mol. The molecule has 0 aromatic heterocycles. The second-order valence-electron chi connectivity index (χ2n) is 4.54. The van der Waals surface area contributed by atoms with Crippen molar-refractivity contribution in [2.24, 2.45) is 0 Å². The van der Waals surface area contributed by atoms with Gasteiger partial charge in [-0.25, -0.2) is 4.39 Å². The highest BCUT2D eigenvalue weighted by molar-refractivity contribution is 5.89. The van der Waals surface area contributed by atoms with Crippen molar-refractivity contribution in [2.45, 2.75) is 13.5 Å². The first-order valence-electron chi connectivity index (χ1n) is 6.38. The molecule has 4 nitrogen and oxygen atoms in total. The van der Waals surface area contributed by atoms with Crippen LogP contribution in [0.3, 0.4) is 0 Å². The fraction of sp³-hybridized carbons (Fsp3) is 0.125. The van der Waals surface area contributed by atoms with Crippen LogP contribution in [-0.4, -0.2) is 5.91 Å². The lowest BCUT2D eigenvalue weighted by Gasteiger charge is -2.09. The van der Waals surface area contributed by atoms with Gasteiger partial charge in [0.2, 0.25) is 5.91 Å². The largest absolute Gasteiger partial charge is 0.381 e. The van der Waals surface area contributed by atoms with Crippen LogP contribution in [0.25, 0.3) is 0 Å². The van der Waals surface area contributed by atoms with Crippen molar-refractivity contribution in [3.05, 3.63) is 59.4 Å². The van der Waals surface area contributed by atoms with Crippen LogP contribution >= 0.6 is 0 Å². The summed E-state index contributed by atoms with van der Waals surface area (Å²) in [5.41, 5.74) is 2.35. The number of carbonyl (C=O) groups excluding carboxylic acids is 1. The Morgan fingerprint density at radius 3 is 2.71 bits per heavy atom. The zero-order chi connectivity index (χ0) is 15.2. The van der Waals surface area contributed by atoms with Crippen LogP contribution in [0.5, 0.6) is 0 Å². The molecule has 0 heterocycles. The second-order valence-corrected chi connectivity index (χ2v) is 4.54. The van der Waals surface area contributed by atoms with Gasteiger partial charge in [0.25, 0.3) is 0 Å². The maximum Gasteiger partial charge on any atom is 0.221 e. The summed E-state index contributed by atoms with van der Waals surface area (Å²) in [7, 11) is 0. The number of benzene rings is 2. The number of anilines is 2. The van der Waals surface area contributed by atoms with Gasteiger partial charge >= 0.3 is 0 Å². The molecule has 0 fully saturated rings. The van der Waals surface area contributed by atoms with Crippen LogP contribution in [0.2, 0.25) is 0 Å². The smallest absolute Gasteiger partial charge is 0.221 e. The van der Waals surface area contributed by atoms with Crippen LogP contribution < -0.4 is 10.6 Å². The van der Waals surface area contributed by atoms with E-state index < -0.39 is 5.82 Å². The monoisotopic (exact) mass is 283 g/mol. The highest BCUT2D eigenvalue weighted by Gasteiger charge is 2.03. The van der Waals surface area contributed by atoms with Crippen molar-refractivity contribution >= 4 is 17.3 Å². The number of amides is 1. The van der Waals surface area contributed by atoms with Crippen LogP contribution in [0.1, 0.15) is 18.1 Å². The van der Waals surface area contributed by atoms with Gasteiger partial charge in [-0.15, -0.1) is 0 Å². The molecule has 0 aliphatic rings. The summed E-state index contributed by atoms with van der Waals surface area (Å²) in [5, 5.41) is 14.7. The molecule has 0 saturated carbocycles. The van der Waals surface area contributed by atoms with E-state index in [2.05, 4.69) is 10.6 Å². The summed E-state index contributed by atoms with van der Waals surface area (Å²) in [4.78, 5) is 11.0. The minimum Gasteiger partial charge on any atom is -0.381 e. The first kappa shape index (κ1) is 14.5. The molecule has 106 valence electrons. The zero-order valence-electron chi connectivity index (χ0n) is 11.5. The molecule has 2 aromatic rings. The van der Waals surface area contributed by atoms with E-state index in [1.165, 1.54) is 19.1 Å². The van der Waals surface area contributed by atoms with Crippen LogP contribution in [0, 0.1) is 17.1 Å². The molecule has 0 unspecified atom stereocenters. The third-order valence-corrected chi connectivity index (χ3v) is 2.83. The molecule has 0 aliphatic carbocycles. The normalized spacial score (nSPS) is 9.76. The average Bonchev–Trinajstić information content (AvgIpc) is 2.46. The number of nitrogens with zero attached hydrogens (tertiary/aromatic N) is 1. The summed E-state index contributed by atoms with van der Waals surface area (Å²) < 4.78 is 13.2. The Balaban J connectivity index is 2.06. The molecule has 1 amide bonds. The molecule has 0 spiro atoms. The molecule has 0 aliphatic heterocycles. The molecular formula is C16H14FN3O. The Morgan fingerprint density at radius 2 is 2.00 bits per heavy atom. The predicted octanol–water partition coefficient (Wildman–Crippen LogP) is 3.27. The van der Waals surface area contributed by atoms with Crippen molar-refractivity contribution in [2.75, 3.05) is 10.6 Å². The highest BCUT2D eigenvalue weighted by atomic mass is 19.1. The Labute approximate surface area is 122 Å². The number of hydrogen-bond acceptors (Lipinski definition) is 3. The van der Waals surface area contributed by atoms with Gasteiger partial charge in [0, 0.05) is 24.8 Å². The number of rotatable bonds is 4. The van der Waals surface area contributed by atoms with E-state index >= 15 is 0 Å². The van der Waals surface area contributed by atoms with E-state index in [0.717, 1.165) is 11.3 Å². The topological polar surface area (TPSA) is 64.9 Å². The Morgan fingerprint density at radius 1 is 1.24 bits per heavy atom. The van der Waals surface area contributed by atoms with Crippen molar-refractivity contribution in [3.8, 4) is 6.07 Å². The lowest BCUT2D eigenvalue weighted by Crippen LogP contribution is -2.06. The Hall–Kier alpha value is -2.87. The van der Waals surface area contributed by atoms with E-state index in [9.17, 15) is 9.18 Å². The molecule has 2 rings (SSSR count). The van der Waals surface area contributed by atoms with Gasteiger partial charge in [0.15, 0.2) is 0 Å². The van der Waals surface area contributed by atoms with Crippen LogP contribution in [-0.2, 0) is 11.3 Å². The fourth-order valence-corrected chi connectivity index (χ4v) is 1.88. The zero-order valence-corrected chi connectivity index (χ0v) is 11.5. The van der Waals surface area contributed by atoms with E-state index in [1.807, 2.05) is 18.2 Å². The lowest BCUT2D eigenvalue weighted by atomic mass is 10.1. The van der Waals surface area contributed by atoms with Gasteiger partial charge in [-0.05, 0) is 35.9 Å². The van der Waals surface area contributed by atoms with Crippen molar-refractivity contribution in [1.29, 1.82) is 5.26 Å². The van der Waals surface area contributed by atoms with Crippen molar-refractivity contribution < 1.29 is 9.18 Å². The predicted molar refractivity (Wildman–Crippen MR) is 79.2 cm³/mol. The van der Waals surface area contributed by atoms with Gasteiger partial charge in [-0.3, -0.25) is 4.79 Å². The number of nitrogens with one attached hydrogen (secondary N) is 2. The van der Waals surface area contributed by atoms with Crippen LogP contribution in [0.4, 0.5) is 15.8 Å². The molecule has 0 radical (unpaired) electrons. The van der Waals surface area contributed by atoms with E-state index in [-0.39, 0.29) is 11.5 Å². The Kier molecular flexibility index (Phi) is 4.52. The molecule has 0 atom stereocenters. The van der Waals surface area contributed by atoms with Crippen molar-refractivity contribution in [3.63, 3.8) is 0 Å². The number of halogens is 1. The summed E-state index contributed by atoms with van der Waals surface area (Å²) in [6.07, 6.45) is 0. The van der Waals surface area contributed by atoms with Gasteiger partial charge < -0.3 is 10.6 Å². The second kappa shape index (κ2) is 6.53. The Bertz CT molecular complexity index is 707. The lowest BCUT2D eigenvalue weighted by molar-refractivity contribution is -0.114. The first-order valence-corrected chi connectivity index (χ1v) is 6.38. The maximum absolute atomic E-state index is 13.2. The third kappa shape index (κ3) is 4.05. The quantitative estimate of drug-likeness (QED) is 0.905. The third-order valence-electron chi connectivity index (χ3n) is 2.83. The SMILES string of the molecule is CC(=O)Nc1cccc(NCc2ccc(F)c(C#N)c2)c1. The molecule has 0 bridgehead atoms. The minimum absolute atomic E-state index is 0.0290. The van der Waals surface area contributed by atoms with Crippen LogP contribution in [0.15, 0.2) is 42.5 Å². The number of hydrogen-bond donors (Lipinski definition) is 2. The van der Waals surface area contributed by atoms with Gasteiger partial charge in [-0.1, -0.05) is 12.1 Å². The highest BCUT2D eigenvalue weighted by Crippen LogP contribution is 2.17. The molecular weight excluding hydrogens is 269 g/mol. The van der Waals surface area contributed by atoms with Crippen molar-refractivity contribution in [1.82, 2.24) is 0 Å².